The van der Waals surface area contributed by atoms with Crippen molar-refractivity contribution in [1.82, 2.24) is 19.9 Å². The first kappa shape index (κ1) is 32.7. The van der Waals surface area contributed by atoms with Gasteiger partial charge in [0.05, 0.1) is 5.41 Å². The summed E-state index contributed by atoms with van der Waals surface area (Å²) in [5.74, 6) is 4.30. The molecule has 1 aliphatic carbocycles. The van der Waals surface area contributed by atoms with Gasteiger partial charge in [0.1, 0.15) is 5.69 Å². The molecule has 3 heterocycles. The van der Waals surface area contributed by atoms with Crippen LogP contribution in [0.2, 0.25) is 0 Å². The van der Waals surface area contributed by atoms with E-state index < -0.39 is 5.41 Å². The average molecular weight is 733 g/mol. The Balaban J connectivity index is 1.05. The van der Waals surface area contributed by atoms with Gasteiger partial charge in [0.2, 0.25) is 0 Å². The fourth-order valence-corrected chi connectivity index (χ4v) is 8.48. The summed E-state index contributed by atoms with van der Waals surface area (Å²) in [5.41, 5.74) is 10.7. The van der Waals surface area contributed by atoms with Crippen LogP contribution in [0.5, 0.6) is 23.0 Å². The first-order valence-corrected chi connectivity index (χ1v) is 19.0. The largest absolute Gasteiger partial charge is 0.449 e. The van der Waals surface area contributed by atoms with Gasteiger partial charge >= 0.3 is 0 Å². The second kappa shape index (κ2) is 13.3. The van der Waals surface area contributed by atoms with E-state index in [1.54, 1.807) is 6.20 Å². The summed E-state index contributed by atoms with van der Waals surface area (Å²) in [7, 11) is 0. The summed E-state index contributed by atoms with van der Waals surface area (Å²) in [6.07, 6.45) is 1.75. The van der Waals surface area contributed by atoms with Gasteiger partial charge in [0, 0.05) is 22.9 Å². The number of nitrogens with zero attached hydrogens (tertiary/aromatic N) is 4. The molecule has 11 rings (SSSR count). The highest BCUT2D eigenvalue weighted by Gasteiger charge is 2.48. The first-order valence-electron chi connectivity index (χ1n) is 19.0. The van der Waals surface area contributed by atoms with Crippen LogP contribution in [0.3, 0.4) is 0 Å². The zero-order valence-electron chi connectivity index (χ0n) is 30.6. The molecular weight excluding hydrogens is 701 g/mol. The number of benzene rings is 7. The molecule has 0 N–H and O–H groups in total. The highest BCUT2D eigenvalue weighted by molar-refractivity contribution is 5.92. The molecule has 57 heavy (non-hydrogen) atoms. The maximum Gasteiger partial charge on any atom is 0.182 e. The van der Waals surface area contributed by atoms with Gasteiger partial charge in [-0.3, -0.25) is 4.98 Å². The molecule has 0 bridgehead atoms. The Labute approximate surface area is 329 Å². The minimum absolute atomic E-state index is 0.504. The molecule has 6 nitrogen and oxygen atoms in total. The number of hydrogen-bond acceptors (Lipinski definition) is 6. The molecule has 1 aliphatic heterocycles. The Morgan fingerprint density at radius 3 is 1.74 bits per heavy atom. The minimum atomic E-state index is -0.550. The fraction of sp³-hybridized carbons (Fsp3) is 0.0196. The lowest BCUT2D eigenvalue weighted by Gasteiger charge is -2.34. The third-order valence-corrected chi connectivity index (χ3v) is 11.0. The molecule has 0 atom stereocenters. The summed E-state index contributed by atoms with van der Waals surface area (Å²) in [6.45, 7) is 0. The zero-order valence-corrected chi connectivity index (χ0v) is 30.6. The molecule has 0 radical (unpaired) electrons. The van der Waals surface area contributed by atoms with Crippen molar-refractivity contribution in [2.24, 2.45) is 0 Å². The van der Waals surface area contributed by atoms with E-state index in [0.717, 1.165) is 38.9 Å². The van der Waals surface area contributed by atoms with Gasteiger partial charge in [-0.2, -0.15) is 0 Å². The van der Waals surface area contributed by atoms with E-state index >= 15 is 0 Å². The molecule has 0 saturated heterocycles. The molecule has 0 amide bonds. The highest BCUT2D eigenvalue weighted by atomic mass is 16.6. The molecule has 0 spiro atoms. The summed E-state index contributed by atoms with van der Waals surface area (Å²) in [4.78, 5) is 19.4. The lowest BCUT2D eigenvalue weighted by molar-refractivity contribution is 0.360. The lowest BCUT2D eigenvalue weighted by atomic mass is 9.68. The van der Waals surface area contributed by atoms with Gasteiger partial charge in [-0.05, 0) is 69.3 Å². The summed E-state index contributed by atoms with van der Waals surface area (Å²) in [5, 5.41) is 0. The van der Waals surface area contributed by atoms with Crippen LogP contribution in [0.1, 0.15) is 22.3 Å². The van der Waals surface area contributed by atoms with E-state index in [4.69, 9.17) is 24.4 Å². The van der Waals surface area contributed by atoms with E-state index in [0.29, 0.717) is 46.2 Å². The molecular formula is C51H32N4O2. The maximum absolute atomic E-state index is 7.03. The number of pyridine rings is 1. The smallest absolute Gasteiger partial charge is 0.182 e. The van der Waals surface area contributed by atoms with Crippen molar-refractivity contribution < 1.29 is 9.47 Å². The second-order valence-corrected chi connectivity index (χ2v) is 14.1. The molecule has 0 unspecified atom stereocenters. The van der Waals surface area contributed by atoms with Crippen LogP contribution in [0.15, 0.2) is 194 Å². The van der Waals surface area contributed by atoms with Crippen molar-refractivity contribution in [3.63, 3.8) is 0 Å². The normalized spacial score (nSPS) is 13.0. The highest BCUT2D eigenvalue weighted by Crippen LogP contribution is 2.62. The molecule has 0 saturated carbocycles. The molecule has 2 aromatic heterocycles. The van der Waals surface area contributed by atoms with Gasteiger partial charge < -0.3 is 9.47 Å². The van der Waals surface area contributed by atoms with Crippen molar-refractivity contribution in [3.8, 4) is 79.5 Å². The number of fused-ring (bicyclic) bond motifs is 6. The van der Waals surface area contributed by atoms with Crippen LogP contribution in [0.25, 0.3) is 56.5 Å². The van der Waals surface area contributed by atoms with E-state index in [-0.39, 0.29) is 0 Å². The Morgan fingerprint density at radius 2 is 1.00 bits per heavy atom. The first-order chi connectivity index (χ1) is 28.3. The number of ether oxygens (including phenoxy) is 2. The van der Waals surface area contributed by atoms with E-state index in [1.807, 2.05) is 72.8 Å². The van der Waals surface area contributed by atoms with Crippen LogP contribution in [0.4, 0.5) is 0 Å². The zero-order chi connectivity index (χ0) is 37.8. The average Bonchev–Trinajstić information content (AvgIpc) is 3.61. The van der Waals surface area contributed by atoms with Crippen LogP contribution in [0, 0.1) is 0 Å². The quantitative estimate of drug-likeness (QED) is 0.169. The van der Waals surface area contributed by atoms with Crippen LogP contribution < -0.4 is 9.47 Å². The molecule has 9 aromatic rings. The Hall–Kier alpha value is -7.70. The molecule has 268 valence electrons. The minimum Gasteiger partial charge on any atom is -0.449 e. The van der Waals surface area contributed by atoms with Crippen LogP contribution in [-0.4, -0.2) is 19.9 Å². The predicted octanol–water partition coefficient (Wildman–Crippen LogP) is 12.2. The molecule has 7 aromatic carbocycles. The van der Waals surface area contributed by atoms with Gasteiger partial charge in [-0.15, -0.1) is 0 Å². The van der Waals surface area contributed by atoms with Crippen molar-refractivity contribution >= 4 is 0 Å². The summed E-state index contributed by atoms with van der Waals surface area (Å²) < 4.78 is 13.7. The SMILES string of the molecule is c1ccc(-c2nc(-c3ccccn3)nc(-c3ccccc3-c3ccc4c(c3)Oc3c(ccc5c3-c3ccccc3C5(c3ccccc3)c3ccccc3)O4)n2)cc1. The maximum atomic E-state index is 7.03. The Kier molecular flexibility index (Phi) is 7.60. The van der Waals surface area contributed by atoms with Crippen LogP contribution >= 0.6 is 0 Å². The van der Waals surface area contributed by atoms with Gasteiger partial charge in [-0.1, -0.05) is 158 Å². The number of hydrogen-bond donors (Lipinski definition) is 0. The topological polar surface area (TPSA) is 70.0 Å². The monoisotopic (exact) mass is 732 g/mol. The molecule has 6 heteroatoms. The van der Waals surface area contributed by atoms with Crippen molar-refractivity contribution in [2.75, 3.05) is 0 Å². The molecule has 2 aliphatic rings. The standard InChI is InChI=1S/C51H32N4O2/c1-4-16-33(17-5-1)48-53-49(55-50(54-48)42-26-14-15-31-52-42)38-23-11-10-22-37(38)34-27-29-43-45(32-34)57-47-44(56-43)30-28-41-46(47)39-24-12-13-25-40(39)51(41,35-18-6-2-7-19-35)36-20-8-3-9-21-36/h1-32H. The lowest BCUT2D eigenvalue weighted by Crippen LogP contribution is -2.28. The van der Waals surface area contributed by atoms with Crippen molar-refractivity contribution in [3.05, 3.63) is 217 Å². The Bertz CT molecular complexity index is 2860. The van der Waals surface area contributed by atoms with Crippen LogP contribution in [-0.2, 0) is 5.41 Å². The fourth-order valence-electron chi connectivity index (χ4n) is 8.48. The Morgan fingerprint density at radius 1 is 0.386 bits per heavy atom. The van der Waals surface area contributed by atoms with Crippen molar-refractivity contribution in [2.45, 2.75) is 5.41 Å². The van der Waals surface area contributed by atoms with E-state index in [9.17, 15) is 0 Å². The van der Waals surface area contributed by atoms with Gasteiger partial charge in [0.15, 0.2) is 40.5 Å². The third kappa shape index (κ3) is 5.26. The van der Waals surface area contributed by atoms with Crippen molar-refractivity contribution in [1.29, 1.82) is 0 Å². The molecule has 0 fully saturated rings. The summed E-state index contributed by atoms with van der Waals surface area (Å²) >= 11 is 0. The third-order valence-electron chi connectivity index (χ3n) is 11.0. The second-order valence-electron chi connectivity index (χ2n) is 14.1. The van der Waals surface area contributed by atoms with E-state index in [1.165, 1.54) is 16.7 Å². The number of aromatic nitrogens is 4. The summed E-state index contributed by atoms with van der Waals surface area (Å²) in [6, 6.07) is 64.4. The van der Waals surface area contributed by atoms with Gasteiger partial charge in [-0.25, -0.2) is 15.0 Å². The van der Waals surface area contributed by atoms with E-state index in [2.05, 4.69) is 120 Å². The predicted molar refractivity (Wildman–Crippen MR) is 223 cm³/mol. The number of rotatable bonds is 6. The van der Waals surface area contributed by atoms with Gasteiger partial charge in [0.25, 0.3) is 0 Å².